The van der Waals surface area contributed by atoms with Crippen LogP contribution in [0.15, 0.2) is 48.5 Å². The Morgan fingerprint density at radius 1 is 1.18 bits per heavy atom. The van der Waals surface area contributed by atoms with Gasteiger partial charge in [0.1, 0.15) is 0 Å². The highest BCUT2D eigenvalue weighted by Crippen LogP contribution is 2.45. The Balaban J connectivity index is 1.86. The Bertz CT molecular complexity index is 699. The summed E-state index contributed by atoms with van der Waals surface area (Å²) < 4.78 is 0. The quantitative estimate of drug-likeness (QED) is 0.893. The number of fused-ring (bicyclic) bond motifs is 3. The predicted octanol–water partition coefficient (Wildman–Crippen LogP) is 2.43. The van der Waals surface area contributed by atoms with Gasteiger partial charge in [-0.2, -0.15) is 0 Å². The fourth-order valence-electron chi connectivity index (χ4n) is 4.26. The molecular formula is C19H22N2O. The second kappa shape index (κ2) is 5.11. The molecule has 1 heterocycles. The van der Waals surface area contributed by atoms with Crippen molar-refractivity contribution in [3.8, 4) is 0 Å². The van der Waals surface area contributed by atoms with E-state index >= 15 is 0 Å². The van der Waals surface area contributed by atoms with E-state index in [1.807, 2.05) is 12.1 Å². The smallest absolute Gasteiger partial charge is 0.0784 e. The topological polar surface area (TPSA) is 35.5 Å². The number of hydrogen-bond donors (Lipinski definition) is 2. The summed E-state index contributed by atoms with van der Waals surface area (Å²) in [6.45, 7) is 4.36. The molecule has 2 atom stereocenters. The average Bonchev–Trinajstić information content (AvgIpc) is 2.87. The fraction of sp³-hybridized carbons (Fsp3) is 0.368. The molecule has 2 aromatic carbocycles. The van der Waals surface area contributed by atoms with Crippen molar-refractivity contribution >= 4 is 5.69 Å². The molecule has 1 aliphatic heterocycles. The van der Waals surface area contributed by atoms with E-state index in [2.05, 4.69) is 53.5 Å². The molecule has 0 unspecified atom stereocenters. The van der Waals surface area contributed by atoms with Crippen LogP contribution in [-0.2, 0) is 18.6 Å². The highest BCUT2D eigenvalue weighted by atomic mass is 16.3. The molecule has 114 valence electrons. The van der Waals surface area contributed by atoms with Crippen LogP contribution in [0.25, 0.3) is 0 Å². The third-order valence-corrected chi connectivity index (χ3v) is 5.40. The molecule has 0 aromatic heterocycles. The number of aliphatic hydroxyl groups is 1. The zero-order chi connectivity index (χ0) is 15.2. The summed E-state index contributed by atoms with van der Waals surface area (Å²) >= 11 is 0. The van der Waals surface area contributed by atoms with Crippen LogP contribution in [0.2, 0.25) is 0 Å². The number of para-hydroxylation sites is 1. The molecule has 3 nitrogen and oxygen atoms in total. The number of nitrogens with zero attached hydrogens (tertiary/aromatic N) is 1. The second-order valence-corrected chi connectivity index (χ2v) is 6.45. The Hall–Kier alpha value is -1.84. The lowest BCUT2D eigenvalue weighted by atomic mass is 9.85. The highest BCUT2D eigenvalue weighted by Gasteiger charge is 2.49. The third-order valence-electron chi connectivity index (χ3n) is 5.40. The first-order valence-corrected chi connectivity index (χ1v) is 8.03. The van der Waals surface area contributed by atoms with Crippen LogP contribution < -0.4 is 10.2 Å². The molecule has 0 radical (unpaired) electrons. The summed E-state index contributed by atoms with van der Waals surface area (Å²) in [5.41, 5.74) is 4.97. The number of rotatable bonds is 2. The molecule has 3 heteroatoms. The van der Waals surface area contributed by atoms with Crippen molar-refractivity contribution < 1.29 is 5.11 Å². The Kier molecular flexibility index (Phi) is 3.21. The van der Waals surface area contributed by atoms with E-state index in [0.717, 1.165) is 30.8 Å². The van der Waals surface area contributed by atoms with E-state index in [9.17, 15) is 5.11 Å². The molecule has 0 amide bonds. The van der Waals surface area contributed by atoms with Gasteiger partial charge in [-0.05, 0) is 30.5 Å². The van der Waals surface area contributed by atoms with E-state index in [1.165, 1.54) is 11.1 Å². The minimum Gasteiger partial charge on any atom is -0.392 e. The number of piperazine rings is 1. The normalized spacial score (nSPS) is 26.6. The van der Waals surface area contributed by atoms with E-state index in [1.54, 1.807) is 0 Å². The van der Waals surface area contributed by atoms with E-state index < -0.39 is 0 Å². The third kappa shape index (κ3) is 1.82. The molecule has 1 saturated heterocycles. The zero-order valence-electron chi connectivity index (χ0n) is 12.9. The van der Waals surface area contributed by atoms with Crippen LogP contribution in [0.4, 0.5) is 5.69 Å². The number of nitrogens with one attached hydrogen (secondary N) is 1. The maximum absolute atomic E-state index is 9.73. The molecule has 22 heavy (non-hydrogen) atoms. The molecule has 2 N–H and O–H groups in total. The van der Waals surface area contributed by atoms with Gasteiger partial charge in [0.15, 0.2) is 0 Å². The van der Waals surface area contributed by atoms with Crippen molar-refractivity contribution in [1.29, 1.82) is 0 Å². The summed E-state index contributed by atoms with van der Waals surface area (Å²) in [5, 5.41) is 13.4. The van der Waals surface area contributed by atoms with Gasteiger partial charge in [-0.1, -0.05) is 42.5 Å². The molecular weight excluding hydrogens is 272 g/mol. The van der Waals surface area contributed by atoms with E-state index in [0.29, 0.717) is 6.04 Å². The van der Waals surface area contributed by atoms with Crippen molar-refractivity contribution in [3.05, 3.63) is 65.2 Å². The SMILES string of the molecule is C[C@]12c3ccccc3C[C@@H]1NCCN2c1ccccc1CO. The lowest BCUT2D eigenvalue weighted by molar-refractivity contribution is 0.271. The van der Waals surface area contributed by atoms with Gasteiger partial charge in [-0.15, -0.1) is 0 Å². The average molecular weight is 294 g/mol. The molecule has 0 bridgehead atoms. The highest BCUT2D eigenvalue weighted by molar-refractivity contribution is 5.60. The van der Waals surface area contributed by atoms with Gasteiger partial charge in [0.25, 0.3) is 0 Å². The van der Waals surface area contributed by atoms with Crippen molar-refractivity contribution in [1.82, 2.24) is 5.32 Å². The minimum atomic E-state index is -0.0554. The summed E-state index contributed by atoms with van der Waals surface area (Å²) in [6, 6.07) is 17.4. The van der Waals surface area contributed by atoms with Gasteiger partial charge in [0.05, 0.1) is 12.1 Å². The van der Waals surface area contributed by atoms with E-state index in [-0.39, 0.29) is 12.1 Å². The molecule has 1 aliphatic carbocycles. The van der Waals surface area contributed by atoms with Crippen LogP contribution in [0.1, 0.15) is 23.6 Å². The van der Waals surface area contributed by atoms with Crippen LogP contribution in [0.5, 0.6) is 0 Å². The Morgan fingerprint density at radius 2 is 1.95 bits per heavy atom. The Labute approximate surface area is 131 Å². The summed E-state index contributed by atoms with van der Waals surface area (Å²) in [6.07, 6.45) is 1.07. The number of aliphatic hydroxyl groups excluding tert-OH is 1. The number of hydrogen-bond acceptors (Lipinski definition) is 3. The summed E-state index contributed by atoms with van der Waals surface area (Å²) in [7, 11) is 0. The number of benzene rings is 2. The van der Waals surface area contributed by atoms with E-state index in [4.69, 9.17) is 0 Å². The van der Waals surface area contributed by atoms with Gasteiger partial charge in [-0.25, -0.2) is 0 Å². The van der Waals surface area contributed by atoms with Gasteiger partial charge in [-0.3, -0.25) is 0 Å². The Morgan fingerprint density at radius 3 is 2.82 bits per heavy atom. The maximum Gasteiger partial charge on any atom is 0.0784 e. The van der Waals surface area contributed by atoms with Crippen molar-refractivity contribution in [2.24, 2.45) is 0 Å². The van der Waals surface area contributed by atoms with Crippen molar-refractivity contribution in [2.45, 2.75) is 31.5 Å². The zero-order valence-corrected chi connectivity index (χ0v) is 12.9. The van der Waals surface area contributed by atoms with Crippen LogP contribution in [0.3, 0.4) is 0 Å². The first kappa shape index (κ1) is 13.8. The minimum absolute atomic E-state index is 0.0554. The molecule has 4 rings (SSSR count). The maximum atomic E-state index is 9.73. The molecule has 0 saturated carbocycles. The summed E-state index contributed by atoms with van der Waals surface area (Å²) in [5.74, 6) is 0. The lowest BCUT2D eigenvalue weighted by Gasteiger charge is -2.49. The van der Waals surface area contributed by atoms with Crippen molar-refractivity contribution in [3.63, 3.8) is 0 Å². The molecule has 2 aromatic rings. The first-order valence-electron chi connectivity index (χ1n) is 8.03. The van der Waals surface area contributed by atoms with Crippen LogP contribution in [-0.4, -0.2) is 24.2 Å². The number of anilines is 1. The molecule has 1 fully saturated rings. The lowest BCUT2D eigenvalue weighted by Crippen LogP contribution is -2.62. The van der Waals surface area contributed by atoms with Crippen LogP contribution >= 0.6 is 0 Å². The van der Waals surface area contributed by atoms with Gasteiger partial charge >= 0.3 is 0 Å². The largest absolute Gasteiger partial charge is 0.392 e. The first-order chi connectivity index (χ1) is 10.7. The van der Waals surface area contributed by atoms with Crippen molar-refractivity contribution in [2.75, 3.05) is 18.0 Å². The predicted molar refractivity (Wildman–Crippen MR) is 89.0 cm³/mol. The van der Waals surface area contributed by atoms with Gasteiger partial charge in [0.2, 0.25) is 0 Å². The van der Waals surface area contributed by atoms with Gasteiger partial charge in [0, 0.05) is 30.4 Å². The fourth-order valence-corrected chi connectivity index (χ4v) is 4.26. The molecule has 0 spiro atoms. The second-order valence-electron chi connectivity index (χ2n) is 6.45. The van der Waals surface area contributed by atoms with Crippen LogP contribution in [0, 0.1) is 0 Å². The van der Waals surface area contributed by atoms with Gasteiger partial charge < -0.3 is 15.3 Å². The summed E-state index contributed by atoms with van der Waals surface area (Å²) in [4.78, 5) is 2.49. The monoisotopic (exact) mass is 294 g/mol. The molecule has 2 aliphatic rings. The standard InChI is InChI=1S/C19H22N2O/c1-19-16-8-4-2-6-14(16)12-18(19)20-10-11-21(19)17-9-5-3-7-15(17)13-22/h2-9,18,20,22H,10-13H2,1H3/t18-,19-/m0/s1.